The molecule has 1 saturated heterocycles. The molecule has 3 heteroatoms. The summed E-state index contributed by atoms with van der Waals surface area (Å²) < 4.78 is 26.4. The number of rotatable bonds is 1. The number of nitrogens with zero attached hydrogens (tertiary/aromatic N) is 1. The first-order chi connectivity index (χ1) is 6.06. The Kier molecular flexibility index (Phi) is 3.27. The van der Waals surface area contributed by atoms with Gasteiger partial charge in [-0.3, -0.25) is 4.90 Å². The van der Waals surface area contributed by atoms with E-state index in [4.69, 9.17) is 0 Å². The predicted octanol–water partition coefficient (Wildman–Crippen LogP) is 1.99. The minimum absolute atomic E-state index is 0.136. The van der Waals surface area contributed by atoms with Crippen LogP contribution in [0.15, 0.2) is 0 Å². The summed E-state index contributed by atoms with van der Waals surface area (Å²) in [7, 11) is 0. The first-order valence-corrected chi connectivity index (χ1v) is 4.56. The summed E-state index contributed by atoms with van der Waals surface area (Å²) in [5, 5.41) is 0. The predicted molar refractivity (Wildman–Crippen MR) is 48.6 cm³/mol. The number of alkyl halides is 2. The van der Waals surface area contributed by atoms with Gasteiger partial charge >= 0.3 is 0 Å². The van der Waals surface area contributed by atoms with E-state index in [9.17, 15) is 8.78 Å². The summed E-state index contributed by atoms with van der Waals surface area (Å²) in [5.74, 6) is 2.51. The minimum atomic E-state index is -2.53. The lowest BCUT2D eigenvalue weighted by molar-refractivity contribution is -0.101. The molecule has 0 spiro atoms. The van der Waals surface area contributed by atoms with E-state index in [0.29, 0.717) is 13.0 Å². The van der Waals surface area contributed by atoms with Gasteiger partial charge in [-0.05, 0) is 19.9 Å². The molecule has 0 bridgehead atoms. The van der Waals surface area contributed by atoms with Crippen molar-refractivity contribution in [3.05, 3.63) is 0 Å². The SMILES string of the molecule is CC#CCN1CCC(C)C(F)(F)C1. The van der Waals surface area contributed by atoms with Crippen LogP contribution in [0.5, 0.6) is 0 Å². The van der Waals surface area contributed by atoms with Crippen molar-refractivity contribution in [3.63, 3.8) is 0 Å². The smallest absolute Gasteiger partial charge is 0.263 e. The van der Waals surface area contributed by atoms with E-state index < -0.39 is 11.8 Å². The molecular formula is C10H15F2N. The second-order valence-electron chi connectivity index (χ2n) is 3.59. The van der Waals surface area contributed by atoms with Crippen LogP contribution >= 0.6 is 0 Å². The van der Waals surface area contributed by atoms with E-state index in [-0.39, 0.29) is 6.54 Å². The van der Waals surface area contributed by atoms with Crippen molar-refractivity contribution in [1.29, 1.82) is 0 Å². The van der Waals surface area contributed by atoms with Gasteiger partial charge in [-0.2, -0.15) is 0 Å². The van der Waals surface area contributed by atoms with Gasteiger partial charge < -0.3 is 0 Å². The minimum Gasteiger partial charge on any atom is -0.286 e. The third kappa shape index (κ3) is 2.67. The van der Waals surface area contributed by atoms with Crippen molar-refractivity contribution in [1.82, 2.24) is 4.90 Å². The van der Waals surface area contributed by atoms with E-state index >= 15 is 0 Å². The molecule has 13 heavy (non-hydrogen) atoms. The van der Waals surface area contributed by atoms with Crippen LogP contribution in [0.1, 0.15) is 20.3 Å². The highest BCUT2D eigenvalue weighted by atomic mass is 19.3. The first kappa shape index (κ1) is 10.5. The number of likely N-dealkylation sites (tertiary alicyclic amines) is 1. The molecule has 0 aliphatic carbocycles. The fraction of sp³-hybridized carbons (Fsp3) is 0.800. The highest BCUT2D eigenvalue weighted by molar-refractivity contribution is 4.99. The maximum atomic E-state index is 13.2. The van der Waals surface area contributed by atoms with Crippen LogP contribution in [-0.4, -0.2) is 30.5 Å². The number of halogens is 2. The summed E-state index contributed by atoms with van der Waals surface area (Å²) >= 11 is 0. The van der Waals surface area contributed by atoms with Gasteiger partial charge in [0.05, 0.1) is 13.1 Å². The van der Waals surface area contributed by atoms with E-state index in [2.05, 4.69) is 11.8 Å². The molecule has 0 aromatic rings. The summed E-state index contributed by atoms with van der Waals surface area (Å²) in [6.45, 7) is 4.42. The van der Waals surface area contributed by atoms with Crippen molar-refractivity contribution in [2.75, 3.05) is 19.6 Å². The number of hydrogen-bond acceptors (Lipinski definition) is 1. The molecule has 1 rings (SSSR count). The fourth-order valence-electron chi connectivity index (χ4n) is 1.45. The Bertz CT molecular complexity index is 227. The molecule has 0 amide bonds. The molecule has 1 aliphatic heterocycles. The van der Waals surface area contributed by atoms with Gasteiger partial charge in [-0.1, -0.05) is 12.8 Å². The second-order valence-corrected chi connectivity index (χ2v) is 3.59. The zero-order chi connectivity index (χ0) is 9.90. The molecule has 1 nitrogen and oxygen atoms in total. The molecule has 1 aliphatic rings. The van der Waals surface area contributed by atoms with Crippen LogP contribution in [0.25, 0.3) is 0 Å². The molecule has 0 saturated carbocycles. The van der Waals surface area contributed by atoms with Crippen molar-refractivity contribution in [2.24, 2.45) is 5.92 Å². The Hall–Kier alpha value is -0.620. The van der Waals surface area contributed by atoms with E-state index in [1.165, 1.54) is 0 Å². The highest BCUT2D eigenvalue weighted by Crippen LogP contribution is 2.31. The van der Waals surface area contributed by atoms with E-state index in [1.807, 2.05) is 0 Å². The second kappa shape index (κ2) is 4.06. The molecule has 0 aromatic carbocycles. The monoisotopic (exact) mass is 187 g/mol. The van der Waals surface area contributed by atoms with Crippen molar-refractivity contribution >= 4 is 0 Å². The normalized spacial score (nSPS) is 27.8. The molecule has 0 radical (unpaired) electrons. The van der Waals surface area contributed by atoms with Crippen molar-refractivity contribution in [2.45, 2.75) is 26.2 Å². The Morgan fingerprint density at radius 2 is 2.23 bits per heavy atom. The van der Waals surface area contributed by atoms with Crippen LogP contribution in [-0.2, 0) is 0 Å². The van der Waals surface area contributed by atoms with Gasteiger partial charge in [-0.15, -0.1) is 5.92 Å². The van der Waals surface area contributed by atoms with Gasteiger partial charge in [-0.25, -0.2) is 8.78 Å². The molecule has 1 heterocycles. The Balaban J connectivity index is 2.49. The molecule has 0 N–H and O–H groups in total. The summed E-state index contributed by atoms with van der Waals surface area (Å²) in [6, 6.07) is 0. The zero-order valence-corrected chi connectivity index (χ0v) is 8.11. The maximum Gasteiger partial charge on any atom is 0.263 e. The number of piperidine rings is 1. The maximum absolute atomic E-state index is 13.2. The summed E-state index contributed by atoms with van der Waals surface area (Å²) in [4.78, 5) is 1.72. The van der Waals surface area contributed by atoms with Crippen LogP contribution in [0, 0.1) is 17.8 Å². The zero-order valence-electron chi connectivity index (χ0n) is 8.11. The van der Waals surface area contributed by atoms with Crippen molar-refractivity contribution < 1.29 is 8.78 Å². The molecule has 1 fully saturated rings. The molecule has 74 valence electrons. The standard InChI is InChI=1S/C10H15F2N/c1-3-4-6-13-7-5-9(2)10(11,12)8-13/h9H,5-8H2,1-2H3. The van der Waals surface area contributed by atoms with E-state index in [1.54, 1.807) is 18.7 Å². The summed E-state index contributed by atoms with van der Waals surface area (Å²) in [6.07, 6.45) is 0.568. The van der Waals surface area contributed by atoms with E-state index in [0.717, 1.165) is 6.54 Å². The highest BCUT2D eigenvalue weighted by Gasteiger charge is 2.41. The van der Waals surface area contributed by atoms with Crippen LogP contribution < -0.4 is 0 Å². The average molecular weight is 187 g/mol. The lowest BCUT2D eigenvalue weighted by Gasteiger charge is -2.35. The quantitative estimate of drug-likeness (QED) is 0.567. The largest absolute Gasteiger partial charge is 0.286 e. The van der Waals surface area contributed by atoms with Crippen LogP contribution in [0.3, 0.4) is 0 Å². The Labute approximate surface area is 78.1 Å². The van der Waals surface area contributed by atoms with Gasteiger partial charge in [0.1, 0.15) is 0 Å². The Morgan fingerprint density at radius 3 is 2.77 bits per heavy atom. The van der Waals surface area contributed by atoms with Gasteiger partial charge in [0, 0.05) is 5.92 Å². The lowest BCUT2D eigenvalue weighted by atomic mass is 9.95. The third-order valence-corrected chi connectivity index (χ3v) is 2.51. The van der Waals surface area contributed by atoms with Crippen molar-refractivity contribution in [3.8, 4) is 11.8 Å². The lowest BCUT2D eigenvalue weighted by Crippen LogP contribution is -2.47. The van der Waals surface area contributed by atoms with Gasteiger partial charge in [0.2, 0.25) is 0 Å². The summed E-state index contributed by atoms with van der Waals surface area (Å²) in [5.41, 5.74) is 0. The third-order valence-electron chi connectivity index (χ3n) is 2.51. The molecular weight excluding hydrogens is 172 g/mol. The molecule has 0 aromatic heterocycles. The average Bonchev–Trinajstić information content (AvgIpc) is 2.07. The molecule has 1 atom stereocenters. The Morgan fingerprint density at radius 1 is 1.54 bits per heavy atom. The van der Waals surface area contributed by atoms with Gasteiger partial charge in [0.15, 0.2) is 0 Å². The fourth-order valence-corrected chi connectivity index (χ4v) is 1.45. The topological polar surface area (TPSA) is 3.24 Å². The molecule has 1 unspecified atom stereocenters. The number of hydrogen-bond donors (Lipinski definition) is 0. The van der Waals surface area contributed by atoms with Crippen LogP contribution in [0.2, 0.25) is 0 Å². The van der Waals surface area contributed by atoms with Gasteiger partial charge in [0.25, 0.3) is 5.92 Å². The van der Waals surface area contributed by atoms with Crippen LogP contribution in [0.4, 0.5) is 8.78 Å². The first-order valence-electron chi connectivity index (χ1n) is 4.56.